The second-order valence-corrected chi connectivity index (χ2v) is 18.5. The van der Waals surface area contributed by atoms with Crippen LogP contribution < -0.4 is 0 Å². The minimum Gasteiger partial charge on any atom is -0.462 e. The van der Waals surface area contributed by atoms with Crippen LogP contribution in [0.2, 0.25) is 0 Å². The Morgan fingerprint density at radius 3 is 0.924 bits per heavy atom. The highest BCUT2D eigenvalue weighted by atomic mass is 16.6. The number of rotatable bonds is 50. The molecule has 0 spiro atoms. The van der Waals surface area contributed by atoms with E-state index in [0.29, 0.717) is 19.3 Å². The summed E-state index contributed by atoms with van der Waals surface area (Å²) >= 11 is 0. The molecule has 1 atom stereocenters. The summed E-state index contributed by atoms with van der Waals surface area (Å²) in [5.41, 5.74) is 0. The molecule has 0 rings (SSSR count). The molecule has 0 radical (unpaired) electrons. The Morgan fingerprint density at radius 1 is 0.318 bits per heavy atom. The highest BCUT2D eigenvalue weighted by molar-refractivity contribution is 5.71. The van der Waals surface area contributed by atoms with Crippen LogP contribution in [0, 0.1) is 0 Å². The predicted molar refractivity (Wildman–Crippen MR) is 284 cm³/mol. The molecular weight excluding hydrogens is 817 g/mol. The molecule has 66 heavy (non-hydrogen) atoms. The van der Waals surface area contributed by atoms with Crippen LogP contribution >= 0.6 is 0 Å². The molecule has 0 aromatic rings. The van der Waals surface area contributed by atoms with Gasteiger partial charge in [-0.1, -0.05) is 254 Å². The van der Waals surface area contributed by atoms with Crippen LogP contribution in [0.5, 0.6) is 0 Å². The third-order valence-corrected chi connectivity index (χ3v) is 12.0. The molecule has 0 saturated heterocycles. The molecule has 0 N–H and O–H groups in total. The minimum atomic E-state index is -0.764. The van der Waals surface area contributed by atoms with Crippen molar-refractivity contribution in [3.05, 3.63) is 72.9 Å². The normalized spacial score (nSPS) is 12.6. The van der Waals surface area contributed by atoms with E-state index in [1.165, 1.54) is 135 Å². The largest absolute Gasteiger partial charge is 0.462 e. The smallest absolute Gasteiger partial charge is 0.306 e. The molecule has 0 amide bonds. The van der Waals surface area contributed by atoms with Crippen molar-refractivity contribution in [3.8, 4) is 0 Å². The van der Waals surface area contributed by atoms with Gasteiger partial charge in [-0.3, -0.25) is 14.4 Å². The summed E-state index contributed by atoms with van der Waals surface area (Å²) in [7, 11) is 0. The zero-order valence-corrected chi connectivity index (χ0v) is 43.4. The monoisotopic (exact) mass is 921 g/mol. The molecule has 0 bridgehead atoms. The second kappa shape index (κ2) is 54.5. The van der Waals surface area contributed by atoms with Crippen LogP contribution in [0.4, 0.5) is 0 Å². The zero-order valence-electron chi connectivity index (χ0n) is 43.4. The maximum absolute atomic E-state index is 12.6. The summed E-state index contributed by atoms with van der Waals surface area (Å²) in [5, 5.41) is 0. The van der Waals surface area contributed by atoms with E-state index in [4.69, 9.17) is 14.2 Å². The fraction of sp³-hybridized carbons (Fsp3) is 0.750. The van der Waals surface area contributed by atoms with Crippen LogP contribution in [-0.2, 0) is 28.6 Å². The van der Waals surface area contributed by atoms with E-state index >= 15 is 0 Å². The lowest BCUT2D eigenvalue weighted by molar-refractivity contribution is -0.167. The zero-order chi connectivity index (χ0) is 47.9. The standard InChI is InChI=1S/C60H104O6/c1-4-7-10-13-16-17-18-19-20-21-22-23-24-25-26-27-28-29-30-31-32-33-34-35-36-37-38-39-40-41-42-43-45-47-50-53-59(62)65-56-57(55-64-58(61)52-49-46-15-12-9-6-3)66-60(63)54-51-48-44-14-11-8-5-2/h7,10,16-17,19-20,22-23,25-26,28-29,57H,4-6,8-9,11-15,18,21,24,27,30-56H2,1-3H3/b10-7-,17-16-,20-19-,23-22-,26-25-,29-28-. The molecule has 0 saturated carbocycles. The summed E-state index contributed by atoms with van der Waals surface area (Å²) in [5.74, 6) is -0.883. The van der Waals surface area contributed by atoms with Gasteiger partial charge >= 0.3 is 17.9 Å². The van der Waals surface area contributed by atoms with Crippen LogP contribution in [0.15, 0.2) is 72.9 Å². The van der Waals surface area contributed by atoms with Gasteiger partial charge in [-0.15, -0.1) is 0 Å². The molecule has 1 unspecified atom stereocenters. The number of esters is 3. The number of hydrogen-bond donors (Lipinski definition) is 0. The third kappa shape index (κ3) is 51.8. The lowest BCUT2D eigenvalue weighted by Gasteiger charge is -2.18. The van der Waals surface area contributed by atoms with Crippen molar-refractivity contribution in [2.75, 3.05) is 13.2 Å². The summed E-state index contributed by atoms with van der Waals surface area (Å²) < 4.78 is 16.6. The number of ether oxygens (including phenoxy) is 3. The molecule has 0 aliphatic rings. The second-order valence-electron chi connectivity index (χ2n) is 18.5. The maximum atomic E-state index is 12.6. The van der Waals surface area contributed by atoms with E-state index in [1.807, 2.05) is 0 Å². The van der Waals surface area contributed by atoms with E-state index in [-0.39, 0.29) is 31.1 Å². The van der Waals surface area contributed by atoms with E-state index in [0.717, 1.165) is 96.3 Å². The van der Waals surface area contributed by atoms with Crippen LogP contribution in [0.3, 0.4) is 0 Å². The fourth-order valence-corrected chi connectivity index (χ4v) is 7.80. The van der Waals surface area contributed by atoms with Gasteiger partial charge in [-0.2, -0.15) is 0 Å². The average molecular weight is 921 g/mol. The first-order valence-electron chi connectivity index (χ1n) is 27.9. The minimum absolute atomic E-state index is 0.0712. The van der Waals surface area contributed by atoms with Crippen LogP contribution in [-0.4, -0.2) is 37.2 Å². The number of allylic oxidation sites excluding steroid dienone is 12. The van der Waals surface area contributed by atoms with Gasteiger partial charge in [0.2, 0.25) is 0 Å². The lowest BCUT2D eigenvalue weighted by Crippen LogP contribution is -2.30. The van der Waals surface area contributed by atoms with Gasteiger partial charge in [0.15, 0.2) is 6.10 Å². The van der Waals surface area contributed by atoms with Gasteiger partial charge in [0.25, 0.3) is 0 Å². The molecular formula is C60H104O6. The number of carbonyl (C=O) groups excluding carboxylic acids is 3. The van der Waals surface area contributed by atoms with E-state index in [9.17, 15) is 14.4 Å². The first kappa shape index (κ1) is 62.8. The molecule has 0 aliphatic carbocycles. The molecule has 0 heterocycles. The predicted octanol–water partition coefficient (Wildman–Crippen LogP) is 18.6. The molecule has 0 aromatic heterocycles. The lowest BCUT2D eigenvalue weighted by atomic mass is 10.0. The van der Waals surface area contributed by atoms with Crippen LogP contribution in [0.25, 0.3) is 0 Å². The SMILES string of the molecule is CC/C=C\C/C=C\C/C=C\C/C=C\C/C=C\C/C=C\CCCCCCCCCCCCCCCCCCC(=O)OCC(COC(=O)CCCCCCCC)OC(=O)CCCCCCCCC. The van der Waals surface area contributed by atoms with Gasteiger partial charge < -0.3 is 14.2 Å². The summed E-state index contributed by atoms with van der Waals surface area (Å²) in [6.45, 7) is 6.42. The Bertz CT molecular complexity index is 1240. The highest BCUT2D eigenvalue weighted by Gasteiger charge is 2.19. The van der Waals surface area contributed by atoms with Crippen molar-refractivity contribution in [3.63, 3.8) is 0 Å². The first-order chi connectivity index (χ1) is 32.5. The quantitative estimate of drug-likeness (QED) is 0.0262. The van der Waals surface area contributed by atoms with Crippen molar-refractivity contribution in [1.82, 2.24) is 0 Å². The van der Waals surface area contributed by atoms with Gasteiger partial charge in [-0.25, -0.2) is 0 Å². The Morgan fingerprint density at radius 2 is 0.591 bits per heavy atom. The van der Waals surface area contributed by atoms with Crippen molar-refractivity contribution in [2.24, 2.45) is 0 Å². The summed E-state index contributed by atoms with van der Waals surface area (Å²) in [6, 6.07) is 0. The Hall–Kier alpha value is -3.15. The molecule has 0 aromatic carbocycles. The van der Waals surface area contributed by atoms with Crippen molar-refractivity contribution >= 4 is 17.9 Å². The van der Waals surface area contributed by atoms with E-state index in [1.54, 1.807) is 0 Å². The highest BCUT2D eigenvalue weighted by Crippen LogP contribution is 2.16. The van der Waals surface area contributed by atoms with E-state index in [2.05, 4.69) is 93.7 Å². The van der Waals surface area contributed by atoms with Gasteiger partial charge in [0.05, 0.1) is 0 Å². The number of hydrogen-bond acceptors (Lipinski definition) is 6. The van der Waals surface area contributed by atoms with Gasteiger partial charge in [0.1, 0.15) is 13.2 Å². The molecule has 0 fully saturated rings. The third-order valence-electron chi connectivity index (χ3n) is 12.0. The number of unbranched alkanes of at least 4 members (excludes halogenated alkanes) is 27. The Balaban J connectivity index is 3.83. The summed E-state index contributed by atoms with van der Waals surface area (Å²) in [4.78, 5) is 37.5. The van der Waals surface area contributed by atoms with Crippen molar-refractivity contribution < 1.29 is 28.6 Å². The maximum Gasteiger partial charge on any atom is 0.306 e. The van der Waals surface area contributed by atoms with Crippen LogP contribution in [0.1, 0.15) is 271 Å². The van der Waals surface area contributed by atoms with Crippen molar-refractivity contribution in [1.29, 1.82) is 0 Å². The fourth-order valence-electron chi connectivity index (χ4n) is 7.80. The average Bonchev–Trinajstić information content (AvgIpc) is 3.31. The summed E-state index contributed by atoms with van der Waals surface area (Å²) in [6.07, 6.45) is 69.7. The van der Waals surface area contributed by atoms with Gasteiger partial charge in [0, 0.05) is 19.3 Å². The molecule has 6 nitrogen and oxygen atoms in total. The molecule has 6 heteroatoms. The molecule has 380 valence electrons. The molecule has 0 aliphatic heterocycles. The first-order valence-corrected chi connectivity index (χ1v) is 27.9. The van der Waals surface area contributed by atoms with Crippen molar-refractivity contribution in [2.45, 2.75) is 277 Å². The Labute approximate surface area is 408 Å². The van der Waals surface area contributed by atoms with E-state index < -0.39 is 6.10 Å². The van der Waals surface area contributed by atoms with Gasteiger partial charge in [-0.05, 0) is 70.6 Å². The number of carbonyl (C=O) groups is 3. The topological polar surface area (TPSA) is 78.9 Å². The Kier molecular flexibility index (Phi) is 51.9.